The highest BCUT2D eigenvalue weighted by Crippen LogP contribution is 2.22. The molecule has 1 aromatic carbocycles. The molecule has 76 valence electrons. The molecule has 0 heterocycles. The molecule has 0 N–H and O–H groups in total. The molecule has 0 aliphatic heterocycles. The summed E-state index contributed by atoms with van der Waals surface area (Å²) in [7, 11) is 0. The number of benzene rings is 1. The van der Waals surface area contributed by atoms with Crippen LogP contribution in [-0.2, 0) is 4.79 Å². The van der Waals surface area contributed by atoms with Gasteiger partial charge in [-0.2, -0.15) is 0 Å². The topological polar surface area (TPSA) is 20.3 Å². The van der Waals surface area contributed by atoms with Crippen LogP contribution in [0.1, 0.15) is 19.4 Å². The smallest absolute Gasteiger partial charge is 0.223 e. The van der Waals surface area contributed by atoms with Gasteiger partial charge in [0.25, 0.3) is 0 Å². The predicted octanol–water partition coefficient (Wildman–Crippen LogP) is 3.02. The van der Waals surface area contributed by atoms with E-state index in [9.17, 15) is 4.79 Å². The maximum atomic E-state index is 11.3. The van der Waals surface area contributed by atoms with Crippen molar-refractivity contribution in [2.24, 2.45) is 0 Å². The van der Waals surface area contributed by atoms with Crippen LogP contribution in [0.25, 0.3) is 0 Å². The van der Waals surface area contributed by atoms with Crippen molar-refractivity contribution in [3.63, 3.8) is 0 Å². The number of hydrogen-bond donors (Lipinski definition) is 0. The standard InChI is InChI=1S/C11H14ClNO/c1-4-13(9(3)14)10-6-5-8(2)11(12)7-10/h5-7H,4H2,1-3H3. The number of hydrogen-bond acceptors (Lipinski definition) is 1. The lowest BCUT2D eigenvalue weighted by Crippen LogP contribution is -2.27. The molecule has 0 aliphatic rings. The summed E-state index contributed by atoms with van der Waals surface area (Å²) in [5.74, 6) is 0.0346. The third kappa shape index (κ3) is 2.26. The van der Waals surface area contributed by atoms with Crippen LogP contribution in [-0.4, -0.2) is 12.5 Å². The number of anilines is 1. The molecule has 0 aliphatic carbocycles. The molecular formula is C11H14ClNO. The second-order valence-electron chi connectivity index (χ2n) is 3.20. The average Bonchev–Trinajstić information content (AvgIpc) is 2.11. The summed E-state index contributed by atoms with van der Waals surface area (Å²) in [6, 6.07) is 5.65. The molecule has 1 rings (SSSR count). The zero-order valence-corrected chi connectivity index (χ0v) is 9.43. The van der Waals surface area contributed by atoms with Crippen molar-refractivity contribution in [3.8, 4) is 0 Å². The third-order valence-corrected chi connectivity index (χ3v) is 2.57. The van der Waals surface area contributed by atoms with Gasteiger partial charge in [0, 0.05) is 24.2 Å². The molecule has 0 spiro atoms. The van der Waals surface area contributed by atoms with E-state index in [4.69, 9.17) is 11.6 Å². The monoisotopic (exact) mass is 211 g/mol. The van der Waals surface area contributed by atoms with Gasteiger partial charge in [-0.3, -0.25) is 4.79 Å². The number of carbonyl (C=O) groups excluding carboxylic acids is 1. The van der Waals surface area contributed by atoms with Crippen LogP contribution < -0.4 is 4.90 Å². The minimum Gasteiger partial charge on any atom is -0.313 e. The minimum absolute atomic E-state index is 0.0346. The zero-order chi connectivity index (χ0) is 10.7. The van der Waals surface area contributed by atoms with Crippen molar-refractivity contribution >= 4 is 23.2 Å². The van der Waals surface area contributed by atoms with E-state index < -0.39 is 0 Å². The Kier molecular flexibility index (Phi) is 3.53. The molecule has 0 unspecified atom stereocenters. The maximum absolute atomic E-state index is 11.3. The molecule has 0 bridgehead atoms. The van der Waals surface area contributed by atoms with Crippen molar-refractivity contribution in [2.45, 2.75) is 20.8 Å². The van der Waals surface area contributed by atoms with Gasteiger partial charge in [0.15, 0.2) is 0 Å². The number of carbonyl (C=O) groups is 1. The first-order valence-corrected chi connectivity index (χ1v) is 4.98. The van der Waals surface area contributed by atoms with Crippen molar-refractivity contribution in [1.29, 1.82) is 0 Å². The van der Waals surface area contributed by atoms with E-state index in [1.54, 1.807) is 11.8 Å². The zero-order valence-electron chi connectivity index (χ0n) is 8.67. The lowest BCUT2D eigenvalue weighted by atomic mass is 10.2. The fraction of sp³-hybridized carbons (Fsp3) is 0.364. The molecule has 14 heavy (non-hydrogen) atoms. The van der Waals surface area contributed by atoms with Gasteiger partial charge in [0.05, 0.1) is 0 Å². The number of aryl methyl sites for hydroxylation is 1. The molecule has 0 atom stereocenters. The highest BCUT2D eigenvalue weighted by atomic mass is 35.5. The molecule has 2 nitrogen and oxygen atoms in total. The summed E-state index contributed by atoms with van der Waals surface area (Å²) in [6.45, 7) is 6.09. The van der Waals surface area contributed by atoms with Gasteiger partial charge < -0.3 is 4.90 Å². The van der Waals surface area contributed by atoms with Gasteiger partial charge in [0.2, 0.25) is 5.91 Å². The molecule has 0 saturated heterocycles. The molecule has 1 amide bonds. The molecule has 3 heteroatoms. The van der Waals surface area contributed by atoms with Crippen LogP contribution in [0, 0.1) is 6.92 Å². The maximum Gasteiger partial charge on any atom is 0.223 e. The Balaban J connectivity index is 3.06. The molecule has 0 saturated carbocycles. The number of amides is 1. The van der Waals surface area contributed by atoms with Crippen LogP contribution >= 0.6 is 11.6 Å². The van der Waals surface area contributed by atoms with Crippen LogP contribution in [0.15, 0.2) is 18.2 Å². The molecule has 0 aromatic heterocycles. The summed E-state index contributed by atoms with van der Waals surface area (Å²) in [5.41, 5.74) is 1.88. The SMILES string of the molecule is CCN(C(C)=O)c1ccc(C)c(Cl)c1. The summed E-state index contributed by atoms with van der Waals surface area (Å²) in [6.07, 6.45) is 0. The Labute approximate surface area is 89.5 Å². The molecule has 0 fully saturated rings. The van der Waals surface area contributed by atoms with E-state index in [2.05, 4.69) is 0 Å². The van der Waals surface area contributed by atoms with E-state index in [-0.39, 0.29) is 5.91 Å². The molecule has 0 radical (unpaired) electrons. The number of rotatable bonds is 2. The summed E-state index contributed by atoms with van der Waals surface area (Å²) in [5, 5.41) is 0.696. The molecular weight excluding hydrogens is 198 g/mol. The van der Waals surface area contributed by atoms with Gasteiger partial charge in [0.1, 0.15) is 0 Å². The summed E-state index contributed by atoms with van der Waals surface area (Å²) in [4.78, 5) is 12.9. The van der Waals surface area contributed by atoms with Crippen LogP contribution in [0.3, 0.4) is 0 Å². The van der Waals surface area contributed by atoms with Gasteiger partial charge in [-0.15, -0.1) is 0 Å². The van der Waals surface area contributed by atoms with Crippen molar-refractivity contribution in [1.82, 2.24) is 0 Å². The van der Waals surface area contributed by atoms with E-state index in [1.165, 1.54) is 0 Å². The summed E-state index contributed by atoms with van der Waals surface area (Å²) < 4.78 is 0. The minimum atomic E-state index is 0.0346. The number of nitrogens with zero attached hydrogens (tertiary/aromatic N) is 1. The van der Waals surface area contributed by atoms with E-state index in [1.807, 2.05) is 32.0 Å². The van der Waals surface area contributed by atoms with E-state index in [0.29, 0.717) is 11.6 Å². The van der Waals surface area contributed by atoms with Crippen LogP contribution in [0.5, 0.6) is 0 Å². The predicted molar refractivity (Wildman–Crippen MR) is 59.9 cm³/mol. The van der Waals surface area contributed by atoms with Crippen molar-refractivity contribution in [3.05, 3.63) is 28.8 Å². The highest BCUT2D eigenvalue weighted by molar-refractivity contribution is 6.31. The van der Waals surface area contributed by atoms with Gasteiger partial charge in [-0.05, 0) is 31.5 Å². The van der Waals surface area contributed by atoms with E-state index >= 15 is 0 Å². The fourth-order valence-electron chi connectivity index (χ4n) is 1.34. The van der Waals surface area contributed by atoms with Crippen LogP contribution in [0.4, 0.5) is 5.69 Å². The fourth-order valence-corrected chi connectivity index (χ4v) is 1.51. The first kappa shape index (κ1) is 11.1. The van der Waals surface area contributed by atoms with E-state index in [0.717, 1.165) is 11.3 Å². The number of halogens is 1. The highest BCUT2D eigenvalue weighted by Gasteiger charge is 2.09. The Morgan fingerprint density at radius 3 is 2.57 bits per heavy atom. The largest absolute Gasteiger partial charge is 0.313 e. The second-order valence-corrected chi connectivity index (χ2v) is 3.60. The Morgan fingerprint density at radius 1 is 1.50 bits per heavy atom. The second kappa shape index (κ2) is 4.47. The first-order valence-electron chi connectivity index (χ1n) is 4.60. The van der Waals surface area contributed by atoms with Gasteiger partial charge in [-0.25, -0.2) is 0 Å². The lowest BCUT2D eigenvalue weighted by Gasteiger charge is -2.19. The quantitative estimate of drug-likeness (QED) is 0.737. The lowest BCUT2D eigenvalue weighted by molar-refractivity contribution is -0.116. The summed E-state index contributed by atoms with van der Waals surface area (Å²) >= 11 is 5.98. The Morgan fingerprint density at radius 2 is 2.14 bits per heavy atom. The van der Waals surface area contributed by atoms with Crippen molar-refractivity contribution in [2.75, 3.05) is 11.4 Å². The Bertz CT molecular complexity index is 349. The third-order valence-electron chi connectivity index (χ3n) is 2.16. The Hall–Kier alpha value is -1.02. The van der Waals surface area contributed by atoms with Gasteiger partial charge in [-0.1, -0.05) is 17.7 Å². The van der Waals surface area contributed by atoms with Gasteiger partial charge >= 0.3 is 0 Å². The van der Waals surface area contributed by atoms with Crippen LogP contribution in [0.2, 0.25) is 5.02 Å². The normalized spacial score (nSPS) is 10.0. The van der Waals surface area contributed by atoms with Crippen molar-refractivity contribution < 1.29 is 4.79 Å². The first-order chi connectivity index (χ1) is 6.56. The molecule has 1 aromatic rings. The average molecular weight is 212 g/mol.